The highest BCUT2D eigenvalue weighted by Crippen LogP contribution is 2.30. The maximum atomic E-state index is 12.9. The van der Waals surface area contributed by atoms with Gasteiger partial charge in [-0.2, -0.15) is 8.78 Å². The molecule has 0 radical (unpaired) electrons. The molecule has 0 spiro atoms. The highest BCUT2D eigenvalue weighted by molar-refractivity contribution is 5.79. The second-order valence-electron chi connectivity index (χ2n) is 5.57. The van der Waals surface area contributed by atoms with Gasteiger partial charge in [0.15, 0.2) is 0 Å². The van der Waals surface area contributed by atoms with Crippen LogP contribution in [0.5, 0.6) is 0 Å². The first-order valence-electron chi connectivity index (χ1n) is 6.79. The third kappa shape index (κ3) is 4.69. The van der Waals surface area contributed by atoms with Crippen LogP contribution in [0.3, 0.4) is 0 Å². The van der Waals surface area contributed by atoms with E-state index in [9.17, 15) is 13.6 Å². The summed E-state index contributed by atoms with van der Waals surface area (Å²) in [5, 5.41) is 3.07. The molecule has 1 atom stereocenters. The monoisotopic (exact) mass is 278 g/mol. The Morgan fingerprint density at radius 1 is 1.37 bits per heavy atom. The largest absolute Gasteiger partial charge is 0.456 e. The third-order valence-electron chi connectivity index (χ3n) is 3.30. The third-order valence-corrected chi connectivity index (χ3v) is 3.30. The Morgan fingerprint density at radius 3 is 2.37 bits per heavy atom. The van der Waals surface area contributed by atoms with Gasteiger partial charge in [-0.15, -0.1) is 0 Å². The van der Waals surface area contributed by atoms with E-state index >= 15 is 0 Å². The molecule has 19 heavy (non-hydrogen) atoms. The van der Waals surface area contributed by atoms with Crippen molar-refractivity contribution >= 4 is 5.97 Å². The lowest BCUT2D eigenvalue weighted by atomic mass is 10.2. The number of rotatable bonds is 7. The number of nitrogens with zero attached hydrogens (tertiary/aromatic N) is 1. The highest BCUT2D eigenvalue weighted by atomic mass is 19.3. The quantitative estimate of drug-likeness (QED) is 0.568. The molecule has 1 aliphatic rings. The van der Waals surface area contributed by atoms with Crippen molar-refractivity contribution in [1.82, 2.24) is 10.2 Å². The van der Waals surface area contributed by atoms with Gasteiger partial charge < -0.3 is 10.1 Å². The molecule has 1 unspecified atom stereocenters. The van der Waals surface area contributed by atoms with Crippen LogP contribution in [-0.2, 0) is 9.53 Å². The minimum atomic E-state index is -3.31. The molecule has 4 nitrogen and oxygen atoms in total. The van der Waals surface area contributed by atoms with Gasteiger partial charge in [0, 0.05) is 31.7 Å². The summed E-state index contributed by atoms with van der Waals surface area (Å²) in [6.07, 6.45) is -1.23. The van der Waals surface area contributed by atoms with Gasteiger partial charge in [0.25, 0.3) is 0 Å². The van der Waals surface area contributed by atoms with Crippen LogP contribution in [0, 0.1) is 0 Å². The van der Waals surface area contributed by atoms with Crippen LogP contribution in [0.2, 0.25) is 0 Å². The Bertz CT molecular complexity index is 301. The van der Waals surface area contributed by atoms with E-state index < -0.39 is 24.4 Å². The molecule has 1 N–H and O–H groups in total. The number of cyclic esters (lactones) is 1. The van der Waals surface area contributed by atoms with E-state index in [1.54, 1.807) is 0 Å². The van der Waals surface area contributed by atoms with Gasteiger partial charge >= 0.3 is 11.9 Å². The average Bonchev–Trinajstić information content (AvgIpc) is 2.51. The van der Waals surface area contributed by atoms with Gasteiger partial charge in [-0.05, 0) is 27.7 Å². The second-order valence-corrected chi connectivity index (χ2v) is 5.57. The molecule has 0 aliphatic carbocycles. The van der Waals surface area contributed by atoms with Crippen molar-refractivity contribution in [3.05, 3.63) is 0 Å². The van der Waals surface area contributed by atoms with Gasteiger partial charge in [0.1, 0.15) is 6.10 Å². The molecule has 0 aromatic carbocycles. The molecule has 1 aliphatic heterocycles. The van der Waals surface area contributed by atoms with Gasteiger partial charge in [0.05, 0.1) is 6.42 Å². The normalized spacial score (nSPS) is 22.6. The molecule has 0 bridgehead atoms. The van der Waals surface area contributed by atoms with Gasteiger partial charge in [-0.25, -0.2) is 4.79 Å². The van der Waals surface area contributed by atoms with Gasteiger partial charge in [-0.3, -0.25) is 4.90 Å². The van der Waals surface area contributed by atoms with Crippen molar-refractivity contribution in [3.8, 4) is 0 Å². The summed E-state index contributed by atoms with van der Waals surface area (Å²) in [5.74, 6) is -4.71. The molecule has 6 heteroatoms. The van der Waals surface area contributed by atoms with E-state index in [0.717, 1.165) is 6.54 Å². The first-order chi connectivity index (χ1) is 8.74. The fourth-order valence-corrected chi connectivity index (χ4v) is 2.35. The van der Waals surface area contributed by atoms with Crippen LogP contribution in [0.15, 0.2) is 0 Å². The summed E-state index contributed by atoms with van der Waals surface area (Å²) >= 11 is 0. The van der Waals surface area contributed by atoms with Crippen LogP contribution < -0.4 is 5.32 Å². The molecule has 1 saturated heterocycles. The van der Waals surface area contributed by atoms with Gasteiger partial charge in [0.2, 0.25) is 0 Å². The molecule has 1 rings (SSSR count). The summed E-state index contributed by atoms with van der Waals surface area (Å²) < 4.78 is 30.5. The van der Waals surface area contributed by atoms with Crippen molar-refractivity contribution in [2.24, 2.45) is 0 Å². The fraction of sp³-hybridized carbons (Fsp3) is 0.923. The summed E-state index contributed by atoms with van der Waals surface area (Å²) in [6.45, 7) is 10.3. The molecule has 0 aromatic heterocycles. The van der Waals surface area contributed by atoms with E-state index in [4.69, 9.17) is 0 Å². The lowest BCUT2D eigenvalue weighted by Crippen LogP contribution is -2.42. The van der Waals surface area contributed by atoms with Crippen molar-refractivity contribution in [1.29, 1.82) is 0 Å². The van der Waals surface area contributed by atoms with Crippen LogP contribution in [0.25, 0.3) is 0 Å². The lowest BCUT2D eigenvalue weighted by Gasteiger charge is -2.30. The Hall–Kier alpha value is -0.750. The number of carbonyl (C=O) groups is 1. The zero-order valence-corrected chi connectivity index (χ0v) is 12.1. The topological polar surface area (TPSA) is 41.6 Å². The molecule has 1 heterocycles. The van der Waals surface area contributed by atoms with Crippen LogP contribution in [0.1, 0.15) is 34.1 Å². The minimum Gasteiger partial charge on any atom is -0.456 e. The van der Waals surface area contributed by atoms with E-state index in [1.807, 2.05) is 0 Å². The van der Waals surface area contributed by atoms with E-state index in [1.165, 1.54) is 0 Å². The Morgan fingerprint density at radius 2 is 1.95 bits per heavy atom. The summed E-state index contributed by atoms with van der Waals surface area (Å²) in [6, 6.07) is 0.880. The maximum Gasteiger partial charge on any atom is 0.377 e. The van der Waals surface area contributed by atoms with E-state index in [-0.39, 0.29) is 6.54 Å². The van der Waals surface area contributed by atoms with Crippen LogP contribution in [0.4, 0.5) is 8.78 Å². The van der Waals surface area contributed by atoms with Gasteiger partial charge in [-0.1, -0.05) is 0 Å². The van der Waals surface area contributed by atoms with Crippen LogP contribution in [-0.4, -0.2) is 54.6 Å². The number of esters is 1. The smallest absolute Gasteiger partial charge is 0.377 e. The number of carbonyl (C=O) groups excluding carboxylic acids is 1. The average molecular weight is 278 g/mol. The van der Waals surface area contributed by atoms with Crippen molar-refractivity contribution in [3.63, 3.8) is 0 Å². The van der Waals surface area contributed by atoms with E-state index in [0.29, 0.717) is 18.6 Å². The SMILES string of the molecule is CC(C)N(CCNCC1CC(F)(F)C(=O)O1)C(C)C. The number of hydrogen-bond donors (Lipinski definition) is 1. The molecular weight excluding hydrogens is 254 g/mol. The lowest BCUT2D eigenvalue weighted by molar-refractivity contribution is -0.159. The Balaban J connectivity index is 2.23. The number of alkyl halides is 2. The minimum absolute atomic E-state index is 0.283. The summed E-state index contributed by atoms with van der Waals surface area (Å²) in [7, 11) is 0. The summed E-state index contributed by atoms with van der Waals surface area (Å²) in [5.41, 5.74) is 0. The highest BCUT2D eigenvalue weighted by Gasteiger charge is 2.50. The fourth-order valence-electron chi connectivity index (χ4n) is 2.35. The first-order valence-corrected chi connectivity index (χ1v) is 6.79. The van der Waals surface area contributed by atoms with Crippen molar-refractivity contribution < 1.29 is 18.3 Å². The van der Waals surface area contributed by atoms with Crippen LogP contribution >= 0.6 is 0 Å². The Kier molecular flexibility index (Phi) is 5.67. The maximum absolute atomic E-state index is 12.9. The number of nitrogens with one attached hydrogen (secondary N) is 1. The van der Waals surface area contributed by atoms with E-state index in [2.05, 4.69) is 42.6 Å². The Labute approximate surface area is 113 Å². The molecule has 0 amide bonds. The summed E-state index contributed by atoms with van der Waals surface area (Å²) in [4.78, 5) is 13.1. The number of ether oxygens (including phenoxy) is 1. The first kappa shape index (κ1) is 16.3. The number of halogens is 2. The predicted molar refractivity (Wildman–Crippen MR) is 69.3 cm³/mol. The molecule has 0 saturated carbocycles. The molecular formula is C13H24F2N2O2. The zero-order chi connectivity index (χ0) is 14.6. The molecule has 112 valence electrons. The van der Waals surface area contributed by atoms with Crippen molar-refractivity contribution in [2.75, 3.05) is 19.6 Å². The standard InChI is InChI=1S/C13H24F2N2O2/c1-9(2)17(10(3)4)6-5-16-8-11-7-13(14,15)12(18)19-11/h9-11,16H,5-8H2,1-4H3. The predicted octanol–water partition coefficient (Wildman–Crippen LogP) is 1.65. The molecule has 1 fully saturated rings. The van der Waals surface area contributed by atoms with Crippen molar-refractivity contribution in [2.45, 2.75) is 58.2 Å². The number of hydrogen-bond acceptors (Lipinski definition) is 4. The molecule has 0 aromatic rings. The second kappa shape index (κ2) is 6.61. The zero-order valence-electron chi connectivity index (χ0n) is 12.1.